The minimum atomic E-state index is -0.0214. The lowest BCUT2D eigenvalue weighted by Crippen LogP contribution is -2.01. The van der Waals surface area contributed by atoms with Gasteiger partial charge in [-0.05, 0) is 0 Å². The Morgan fingerprint density at radius 3 is 2.19 bits per heavy atom. The Morgan fingerprint density at radius 1 is 1.12 bits per heavy atom. The molecule has 0 heterocycles. The summed E-state index contributed by atoms with van der Waals surface area (Å²) in [4.78, 5) is 0. The Balaban J connectivity index is 3.38. The number of aliphatic hydroxyl groups is 1. The van der Waals surface area contributed by atoms with Crippen molar-refractivity contribution in [1.82, 2.24) is 0 Å². The Bertz CT molecular complexity index is 365. The summed E-state index contributed by atoms with van der Waals surface area (Å²) in [5, 5.41) is 9.43. The van der Waals surface area contributed by atoms with Crippen LogP contribution in [-0.4, -0.2) is 33.0 Å². The second kappa shape index (κ2) is 5.82. The fraction of sp³-hybridized carbons (Fsp3) is 0.455. The molecule has 0 aliphatic rings. The SMILES string of the molecule is COc1cc(OC)c(OC)c(CCO)c1Cl. The molecular weight excluding hydrogens is 232 g/mol. The first-order valence-corrected chi connectivity index (χ1v) is 5.15. The van der Waals surface area contributed by atoms with Gasteiger partial charge in [0, 0.05) is 24.7 Å². The third-order valence-corrected chi connectivity index (χ3v) is 2.66. The van der Waals surface area contributed by atoms with Gasteiger partial charge in [-0.2, -0.15) is 0 Å². The monoisotopic (exact) mass is 246 g/mol. The first kappa shape index (κ1) is 12.9. The molecule has 16 heavy (non-hydrogen) atoms. The van der Waals surface area contributed by atoms with Crippen molar-refractivity contribution in [3.63, 3.8) is 0 Å². The van der Waals surface area contributed by atoms with Crippen molar-refractivity contribution in [2.75, 3.05) is 27.9 Å². The normalized spacial score (nSPS) is 10.1. The van der Waals surface area contributed by atoms with E-state index in [1.54, 1.807) is 6.07 Å². The van der Waals surface area contributed by atoms with Gasteiger partial charge in [0.25, 0.3) is 0 Å². The molecule has 0 spiro atoms. The average Bonchev–Trinajstić information content (AvgIpc) is 2.31. The Morgan fingerprint density at radius 2 is 1.75 bits per heavy atom. The van der Waals surface area contributed by atoms with Gasteiger partial charge in [0.15, 0.2) is 11.5 Å². The van der Waals surface area contributed by atoms with Crippen molar-refractivity contribution in [2.24, 2.45) is 0 Å². The molecule has 0 atom stereocenters. The molecule has 0 aromatic heterocycles. The van der Waals surface area contributed by atoms with Crippen molar-refractivity contribution in [3.05, 3.63) is 16.7 Å². The second-order valence-corrected chi connectivity index (χ2v) is 3.46. The van der Waals surface area contributed by atoms with Gasteiger partial charge in [0.2, 0.25) is 0 Å². The van der Waals surface area contributed by atoms with E-state index in [0.29, 0.717) is 34.3 Å². The van der Waals surface area contributed by atoms with Crippen LogP contribution in [0.25, 0.3) is 0 Å². The molecular formula is C11H15ClO4. The summed E-state index contributed by atoms with van der Waals surface area (Å²) in [5.41, 5.74) is 0.683. The standard InChI is InChI=1S/C11H15ClO4/c1-14-8-6-9(15-2)11(16-3)7(4-5-13)10(8)12/h6,13H,4-5H2,1-3H3. The highest BCUT2D eigenvalue weighted by Gasteiger charge is 2.18. The van der Waals surface area contributed by atoms with Crippen LogP contribution in [-0.2, 0) is 6.42 Å². The van der Waals surface area contributed by atoms with Crippen LogP contribution < -0.4 is 14.2 Å². The molecule has 0 aliphatic carbocycles. The van der Waals surface area contributed by atoms with Crippen LogP contribution in [0.3, 0.4) is 0 Å². The number of benzene rings is 1. The fourth-order valence-electron chi connectivity index (χ4n) is 1.50. The molecule has 1 aromatic carbocycles. The van der Waals surface area contributed by atoms with Crippen LogP contribution >= 0.6 is 11.6 Å². The van der Waals surface area contributed by atoms with Gasteiger partial charge in [-0.3, -0.25) is 0 Å². The van der Waals surface area contributed by atoms with Crippen LogP contribution in [0.4, 0.5) is 0 Å². The Labute approximate surface area is 99.7 Å². The molecule has 0 radical (unpaired) electrons. The molecule has 0 bridgehead atoms. The number of hydrogen-bond acceptors (Lipinski definition) is 4. The highest BCUT2D eigenvalue weighted by Crippen LogP contribution is 2.42. The Kier molecular flexibility index (Phi) is 4.71. The smallest absolute Gasteiger partial charge is 0.165 e. The largest absolute Gasteiger partial charge is 0.495 e. The maximum atomic E-state index is 9.00. The van der Waals surface area contributed by atoms with Crippen molar-refractivity contribution < 1.29 is 19.3 Å². The quantitative estimate of drug-likeness (QED) is 0.862. The van der Waals surface area contributed by atoms with Crippen LogP contribution in [0.5, 0.6) is 17.2 Å². The van der Waals surface area contributed by atoms with E-state index in [1.165, 1.54) is 21.3 Å². The molecule has 1 N–H and O–H groups in total. The van der Waals surface area contributed by atoms with E-state index in [0.717, 1.165) is 0 Å². The summed E-state index contributed by atoms with van der Waals surface area (Å²) in [6, 6.07) is 1.65. The predicted octanol–water partition coefficient (Wildman–Crippen LogP) is 1.90. The van der Waals surface area contributed by atoms with Crippen molar-refractivity contribution in [1.29, 1.82) is 0 Å². The van der Waals surface area contributed by atoms with Crippen molar-refractivity contribution >= 4 is 11.6 Å². The highest BCUT2D eigenvalue weighted by atomic mass is 35.5. The Hall–Kier alpha value is -1.13. The molecule has 1 aromatic rings. The van der Waals surface area contributed by atoms with E-state index in [4.69, 9.17) is 30.9 Å². The summed E-state index contributed by atoms with van der Waals surface area (Å²) >= 11 is 6.13. The summed E-state index contributed by atoms with van der Waals surface area (Å²) in [6.45, 7) is -0.0214. The molecule has 0 unspecified atom stereocenters. The molecule has 0 fully saturated rings. The van der Waals surface area contributed by atoms with Crippen LogP contribution in [0.15, 0.2) is 6.07 Å². The maximum absolute atomic E-state index is 9.00. The molecule has 1 rings (SSSR count). The van der Waals surface area contributed by atoms with Gasteiger partial charge in [0.05, 0.1) is 26.4 Å². The fourth-order valence-corrected chi connectivity index (χ4v) is 1.82. The lowest BCUT2D eigenvalue weighted by Gasteiger charge is -2.16. The van der Waals surface area contributed by atoms with Crippen LogP contribution in [0.2, 0.25) is 5.02 Å². The van der Waals surface area contributed by atoms with Gasteiger partial charge in [-0.25, -0.2) is 0 Å². The van der Waals surface area contributed by atoms with E-state index in [1.807, 2.05) is 0 Å². The number of halogens is 1. The van der Waals surface area contributed by atoms with Gasteiger partial charge in [-0.1, -0.05) is 11.6 Å². The van der Waals surface area contributed by atoms with Gasteiger partial charge >= 0.3 is 0 Å². The number of aliphatic hydroxyl groups excluding tert-OH is 1. The average molecular weight is 247 g/mol. The lowest BCUT2D eigenvalue weighted by atomic mass is 10.1. The van der Waals surface area contributed by atoms with E-state index in [9.17, 15) is 0 Å². The number of rotatable bonds is 5. The summed E-state index contributed by atoms with van der Waals surface area (Å²) < 4.78 is 15.5. The van der Waals surface area contributed by atoms with Gasteiger partial charge < -0.3 is 19.3 Å². The first-order valence-electron chi connectivity index (χ1n) is 4.77. The molecule has 90 valence electrons. The summed E-state index contributed by atoms with van der Waals surface area (Å²) in [7, 11) is 4.59. The van der Waals surface area contributed by atoms with E-state index < -0.39 is 0 Å². The van der Waals surface area contributed by atoms with Gasteiger partial charge in [0.1, 0.15) is 5.75 Å². The van der Waals surface area contributed by atoms with Crippen molar-refractivity contribution in [3.8, 4) is 17.2 Å². The molecule has 4 nitrogen and oxygen atoms in total. The lowest BCUT2D eigenvalue weighted by molar-refractivity contribution is 0.294. The number of ether oxygens (including phenoxy) is 3. The molecule has 0 saturated carbocycles. The minimum absolute atomic E-state index is 0.0214. The van der Waals surface area contributed by atoms with Crippen LogP contribution in [0, 0.1) is 0 Å². The topological polar surface area (TPSA) is 47.9 Å². The molecule has 0 aliphatic heterocycles. The summed E-state index contributed by atoms with van der Waals surface area (Å²) in [6.07, 6.45) is 0.384. The number of methoxy groups -OCH3 is 3. The molecule has 0 amide bonds. The van der Waals surface area contributed by atoms with Crippen LogP contribution in [0.1, 0.15) is 5.56 Å². The predicted molar refractivity (Wildman–Crippen MR) is 61.9 cm³/mol. The third kappa shape index (κ3) is 2.33. The first-order chi connectivity index (χ1) is 7.69. The zero-order valence-corrected chi connectivity index (χ0v) is 10.3. The zero-order chi connectivity index (χ0) is 12.1. The summed E-state index contributed by atoms with van der Waals surface area (Å²) in [5.74, 6) is 1.57. The second-order valence-electron chi connectivity index (χ2n) is 3.08. The third-order valence-electron chi connectivity index (χ3n) is 2.25. The minimum Gasteiger partial charge on any atom is -0.495 e. The van der Waals surface area contributed by atoms with Crippen molar-refractivity contribution in [2.45, 2.75) is 6.42 Å². The van der Waals surface area contributed by atoms with E-state index in [-0.39, 0.29) is 6.61 Å². The van der Waals surface area contributed by atoms with E-state index >= 15 is 0 Å². The molecule has 0 saturated heterocycles. The number of hydrogen-bond donors (Lipinski definition) is 1. The van der Waals surface area contributed by atoms with Gasteiger partial charge in [-0.15, -0.1) is 0 Å². The van der Waals surface area contributed by atoms with E-state index in [2.05, 4.69) is 0 Å². The highest BCUT2D eigenvalue weighted by molar-refractivity contribution is 6.33. The maximum Gasteiger partial charge on any atom is 0.165 e. The zero-order valence-electron chi connectivity index (χ0n) is 9.54. The molecule has 5 heteroatoms.